The molecule has 2 nitrogen and oxygen atoms in total. The first kappa shape index (κ1) is 15.2. The maximum absolute atomic E-state index is 12.6. The first-order chi connectivity index (χ1) is 10.4. The molecule has 4 rings (SSSR count). The van der Waals surface area contributed by atoms with E-state index in [0.29, 0.717) is 17.1 Å². The van der Waals surface area contributed by atoms with Crippen molar-refractivity contribution in [3.05, 3.63) is 0 Å². The van der Waals surface area contributed by atoms with Crippen molar-refractivity contribution in [2.24, 2.45) is 34.5 Å². The molecule has 4 aliphatic carbocycles. The van der Waals surface area contributed by atoms with Gasteiger partial charge in [-0.1, -0.05) is 13.8 Å². The summed E-state index contributed by atoms with van der Waals surface area (Å²) >= 11 is 0. The highest BCUT2D eigenvalue weighted by Gasteiger charge is 2.58. The molecule has 22 heavy (non-hydrogen) atoms. The molecule has 1 N–H and O–H groups in total. The number of carbonyl (C=O) groups excluding carboxylic acids is 1. The van der Waals surface area contributed by atoms with Crippen molar-refractivity contribution < 1.29 is 9.90 Å². The van der Waals surface area contributed by atoms with Crippen LogP contribution in [0.2, 0.25) is 0 Å². The van der Waals surface area contributed by atoms with E-state index in [1.165, 1.54) is 32.1 Å². The quantitative estimate of drug-likeness (QED) is 0.722. The normalized spacial score (nSPS) is 55.0. The summed E-state index contributed by atoms with van der Waals surface area (Å²) in [6, 6.07) is 0. The molecule has 4 fully saturated rings. The number of aliphatic hydroxyl groups is 1. The Kier molecular flexibility index (Phi) is 3.49. The number of fused-ring (bicyclic) bond motifs is 5. The minimum atomic E-state index is -0.0558. The zero-order valence-electron chi connectivity index (χ0n) is 14.3. The molecule has 0 aromatic carbocycles. The average Bonchev–Trinajstić information content (AvgIpc) is 2.49. The van der Waals surface area contributed by atoms with Gasteiger partial charge in [0.15, 0.2) is 0 Å². The molecular formula is C20H32O2. The Morgan fingerprint density at radius 2 is 1.82 bits per heavy atom. The third-order valence-electron chi connectivity index (χ3n) is 8.58. The molecule has 0 amide bonds. The van der Waals surface area contributed by atoms with E-state index in [2.05, 4.69) is 13.8 Å². The number of hydrogen-bond acceptors (Lipinski definition) is 2. The molecule has 0 aromatic heterocycles. The van der Waals surface area contributed by atoms with Crippen molar-refractivity contribution in [1.29, 1.82) is 0 Å². The van der Waals surface area contributed by atoms with Crippen LogP contribution in [0.4, 0.5) is 0 Å². The molecule has 0 heterocycles. The van der Waals surface area contributed by atoms with Crippen LogP contribution in [0, 0.1) is 34.5 Å². The number of aliphatic hydroxyl groups excluding tert-OH is 1. The van der Waals surface area contributed by atoms with Crippen LogP contribution in [0.15, 0.2) is 0 Å². The zero-order valence-corrected chi connectivity index (χ0v) is 14.3. The smallest absolute Gasteiger partial charge is 0.139 e. The van der Waals surface area contributed by atoms with Gasteiger partial charge in [-0.25, -0.2) is 0 Å². The molecule has 7 atom stereocenters. The lowest BCUT2D eigenvalue weighted by Crippen LogP contribution is -2.56. The summed E-state index contributed by atoms with van der Waals surface area (Å²) < 4.78 is 0. The number of carbonyl (C=O) groups is 1. The van der Waals surface area contributed by atoms with E-state index in [-0.39, 0.29) is 11.5 Å². The third-order valence-corrected chi connectivity index (χ3v) is 8.58. The van der Waals surface area contributed by atoms with Gasteiger partial charge in [0, 0.05) is 11.8 Å². The molecular weight excluding hydrogens is 272 g/mol. The number of hydrogen-bond donors (Lipinski definition) is 1. The SMILES string of the molecule is C[C@]12CC[C@@H](O)C[C@@H]1CC[C@H]1[C@H]2CC[C@]2(C)C(=O)CCC[C@H]12. The van der Waals surface area contributed by atoms with Gasteiger partial charge in [0.05, 0.1) is 6.10 Å². The van der Waals surface area contributed by atoms with Crippen molar-refractivity contribution in [2.45, 2.75) is 84.2 Å². The summed E-state index contributed by atoms with van der Waals surface area (Å²) in [4.78, 5) is 12.6. The van der Waals surface area contributed by atoms with E-state index >= 15 is 0 Å². The second-order valence-corrected chi connectivity index (χ2v) is 9.36. The van der Waals surface area contributed by atoms with Gasteiger partial charge in [-0.05, 0) is 86.9 Å². The molecule has 0 aliphatic heterocycles. The maximum atomic E-state index is 12.6. The van der Waals surface area contributed by atoms with Crippen molar-refractivity contribution in [2.75, 3.05) is 0 Å². The molecule has 2 heteroatoms. The van der Waals surface area contributed by atoms with Gasteiger partial charge in [-0.2, -0.15) is 0 Å². The van der Waals surface area contributed by atoms with Crippen LogP contribution >= 0.6 is 0 Å². The first-order valence-electron chi connectivity index (χ1n) is 9.66. The molecule has 0 saturated heterocycles. The average molecular weight is 304 g/mol. The second kappa shape index (κ2) is 5.06. The van der Waals surface area contributed by atoms with E-state index in [1.54, 1.807) is 0 Å². The standard InChI is InChI=1S/C20H32O2/c1-19-10-8-14(21)12-13(19)6-7-15-16-4-3-5-18(22)20(16,2)11-9-17(15)19/h13-17,21H,3-12H2,1-2H3/t13-,14+,15+,16+,17+,19-,20-/m0/s1. The summed E-state index contributed by atoms with van der Waals surface area (Å²) in [7, 11) is 0. The van der Waals surface area contributed by atoms with E-state index < -0.39 is 0 Å². The summed E-state index contributed by atoms with van der Waals surface area (Å²) in [6.07, 6.45) is 11.4. The Balaban J connectivity index is 1.63. The van der Waals surface area contributed by atoms with Crippen LogP contribution in [-0.2, 0) is 4.79 Å². The lowest BCUT2D eigenvalue weighted by Gasteiger charge is -2.61. The number of rotatable bonds is 0. The highest BCUT2D eigenvalue weighted by molar-refractivity contribution is 5.85. The van der Waals surface area contributed by atoms with E-state index in [0.717, 1.165) is 49.9 Å². The lowest BCUT2D eigenvalue weighted by atomic mass is 9.43. The Morgan fingerprint density at radius 1 is 1.00 bits per heavy atom. The predicted octanol–water partition coefficient (Wildman–Crippen LogP) is 4.35. The highest BCUT2D eigenvalue weighted by atomic mass is 16.3. The largest absolute Gasteiger partial charge is 0.393 e. The zero-order chi connectivity index (χ0) is 15.5. The lowest BCUT2D eigenvalue weighted by molar-refractivity contribution is -0.158. The molecule has 0 spiro atoms. The van der Waals surface area contributed by atoms with Crippen molar-refractivity contribution in [3.8, 4) is 0 Å². The van der Waals surface area contributed by atoms with Crippen LogP contribution in [0.25, 0.3) is 0 Å². The molecule has 4 aliphatic rings. The van der Waals surface area contributed by atoms with Crippen molar-refractivity contribution in [3.63, 3.8) is 0 Å². The van der Waals surface area contributed by atoms with Crippen LogP contribution in [0.3, 0.4) is 0 Å². The summed E-state index contributed by atoms with van der Waals surface area (Å²) in [5.41, 5.74) is 0.431. The minimum absolute atomic E-state index is 0.00318. The summed E-state index contributed by atoms with van der Waals surface area (Å²) in [6.45, 7) is 4.81. The van der Waals surface area contributed by atoms with Gasteiger partial charge >= 0.3 is 0 Å². The van der Waals surface area contributed by atoms with Gasteiger partial charge in [-0.3, -0.25) is 4.79 Å². The monoisotopic (exact) mass is 304 g/mol. The van der Waals surface area contributed by atoms with Crippen LogP contribution in [0.5, 0.6) is 0 Å². The molecule has 0 bridgehead atoms. The molecule has 124 valence electrons. The van der Waals surface area contributed by atoms with E-state index in [9.17, 15) is 9.90 Å². The second-order valence-electron chi connectivity index (χ2n) is 9.36. The predicted molar refractivity (Wildman–Crippen MR) is 87.4 cm³/mol. The fraction of sp³-hybridized carbons (Fsp3) is 0.950. The summed E-state index contributed by atoms with van der Waals surface area (Å²) in [5.74, 6) is 3.52. The fourth-order valence-electron chi connectivity index (χ4n) is 7.20. The van der Waals surface area contributed by atoms with Crippen molar-refractivity contribution in [1.82, 2.24) is 0 Å². The molecule has 4 saturated carbocycles. The van der Waals surface area contributed by atoms with Crippen LogP contribution < -0.4 is 0 Å². The van der Waals surface area contributed by atoms with Crippen molar-refractivity contribution >= 4 is 5.78 Å². The van der Waals surface area contributed by atoms with Gasteiger partial charge in [0.2, 0.25) is 0 Å². The van der Waals surface area contributed by atoms with E-state index in [4.69, 9.17) is 0 Å². The van der Waals surface area contributed by atoms with Gasteiger partial charge in [0.25, 0.3) is 0 Å². The van der Waals surface area contributed by atoms with Gasteiger partial charge in [0.1, 0.15) is 5.78 Å². The van der Waals surface area contributed by atoms with Crippen LogP contribution in [-0.4, -0.2) is 17.0 Å². The fourth-order valence-corrected chi connectivity index (χ4v) is 7.20. The number of Topliss-reactive ketones (excluding diaryl/α,β-unsaturated/α-hetero) is 1. The topological polar surface area (TPSA) is 37.3 Å². The highest BCUT2D eigenvalue weighted by Crippen LogP contribution is 2.64. The Bertz CT molecular complexity index is 472. The molecule has 0 aromatic rings. The summed E-state index contributed by atoms with van der Waals surface area (Å²) in [5, 5.41) is 10.1. The molecule has 0 radical (unpaired) electrons. The maximum Gasteiger partial charge on any atom is 0.139 e. The Hall–Kier alpha value is -0.370. The number of ketones is 1. The third kappa shape index (κ3) is 1.98. The minimum Gasteiger partial charge on any atom is -0.393 e. The Labute approximate surface area is 135 Å². The first-order valence-corrected chi connectivity index (χ1v) is 9.66. The Morgan fingerprint density at radius 3 is 2.64 bits per heavy atom. The van der Waals surface area contributed by atoms with E-state index in [1.807, 2.05) is 0 Å². The molecule has 0 unspecified atom stereocenters. The van der Waals surface area contributed by atoms with Gasteiger partial charge < -0.3 is 5.11 Å². The van der Waals surface area contributed by atoms with Crippen LogP contribution in [0.1, 0.15) is 78.1 Å². The van der Waals surface area contributed by atoms with Gasteiger partial charge in [-0.15, -0.1) is 0 Å².